The van der Waals surface area contributed by atoms with Gasteiger partial charge in [-0.1, -0.05) is 6.07 Å². The Kier molecular flexibility index (Phi) is 4.94. The van der Waals surface area contributed by atoms with Crippen molar-refractivity contribution in [2.45, 2.75) is 13.5 Å². The molecular formula is C18H18N4O3. The van der Waals surface area contributed by atoms with Gasteiger partial charge in [-0.05, 0) is 42.8 Å². The van der Waals surface area contributed by atoms with Crippen molar-refractivity contribution < 1.29 is 13.9 Å². The number of carbonyl (C=O) groups is 1. The molecule has 0 aliphatic carbocycles. The van der Waals surface area contributed by atoms with E-state index in [1.165, 1.54) is 6.20 Å². The van der Waals surface area contributed by atoms with Gasteiger partial charge in [-0.15, -0.1) is 0 Å². The van der Waals surface area contributed by atoms with Gasteiger partial charge in [-0.25, -0.2) is 9.97 Å². The summed E-state index contributed by atoms with van der Waals surface area (Å²) in [5, 5.41) is 5.83. The van der Waals surface area contributed by atoms with E-state index in [0.29, 0.717) is 24.0 Å². The second-order valence-corrected chi connectivity index (χ2v) is 5.36. The number of benzene rings is 1. The van der Waals surface area contributed by atoms with Crippen LogP contribution in [0.3, 0.4) is 0 Å². The Morgan fingerprint density at radius 1 is 1.28 bits per heavy atom. The van der Waals surface area contributed by atoms with E-state index in [1.54, 1.807) is 31.6 Å². The van der Waals surface area contributed by atoms with Crippen molar-refractivity contribution >= 4 is 17.5 Å². The lowest BCUT2D eigenvalue weighted by Gasteiger charge is -2.11. The van der Waals surface area contributed by atoms with Gasteiger partial charge in [-0.2, -0.15) is 0 Å². The summed E-state index contributed by atoms with van der Waals surface area (Å²) in [5.41, 5.74) is 2.06. The van der Waals surface area contributed by atoms with Gasteiger partial charge in [0, 0.05) is 6.20 Å². The fraction of sp³-hybridized carbons (Fsp3) is 0.167. The largest absolute Gasteiger partial charge is 0.495 e. The van der Waals surface area contributed by atoms with Gasteiger partial charge in [0.05, 0.1) is 25.6 Å². The molecule has 1 amide bonds. The van der Waals surface area contributed by atoms with Gasteiger partial charge in [0.1, 0.15) is 17.2 Å². The molecule has 2 heterocycles. The standard InChI is InChI=1S/C18H18N4O3/c1-12-5-6-16(24-2)15(10-12)22-18-19-8-7-14(21-18)17(23)20-11-13-4-3-9-25-13/h3-10H,11H2,1-2H3,(H,20,23)(H,19,21,22). The Morgan fingerprint density at radius 3 is 2.92 bits per heavy atom. The second kappa shape index (κ2) is 7.48. The lowest BCUT2D eigenvalue weighted by atomic mass is 10.2. The fourth-order valence-corrected chi connectivity index (χ4v) is 2.26. The molecule has 0 unspecified atom stereocenters. The molecule has 7 nitrogen and oxygen atoms in total. The molecular weight excluding hydrogens is 320 g/mol. The van der Waals surface area contributed by atoms with E-state index in [9.17, 15) is 4.79 Å². The van der Waals surface area contributed by atoms with Crippen LogP contribution in [-0.2, 0) is 6.54 Å². The summed E-state index contributed by atoms with van der Waals surface area (Å²) in [6.07, 6.45) is 3.09. The minimum absolute atomic E-state index is 0.260. The first-order chi connectivity index (χ1) is 12.2. The van der Waals surface area contributed by atoms with Crippen LogP contribution in [0, 0.1) is 6.92 Å². The van der Waals surface area contributed by atoms with Crippen molar-refractivity contribution in [3.63, 3.8) is 0 Å². The van der Waals surface area contributed by atoms with Crippen LogP contribution >= 0.6 is 0 Å². The molecule has 0 saturated heterocycles. The number of aryl methyl sites for hydroxylation is 1. The van der Waals surface area contributed by atoms with Gasteiger partial charge in [0.2, 0.25) is 5.95 Å². The zero-order valence-corrected chi connectivity index (χ0v) is 13.9. The van der Waals surface area contributed by atoms with E-state index in [1.807, 2.05) is 25.1 Å². The number of anilines is 2. The number of nitrogens with one attached hydrogen (secondary N) is 2. The van der Waals surface area contributed by atoms with E-state index < -0.39 is 0 Å². The first-order valence-electron chi connectivity index (χ1n) is 7.71. The number of aromatic nitrogens is 2. The normalized spacial score (nSPS) is 10.3. The molecule has 7 heteroatoms. The molecule has 0 spiro atoms. The minimum Gasteiger partial charge on any atom is -0.495 e. The van der Waals surface area contributed by atoms with Crippen molar-refractivity contribution in [3.8, 4) is 5.75 Å². The SMILES string of the molecule is COc1ccc(C)cc1Nc1nccc(C(=O)NCc2ccco2)n1. The summed E-state index contributed by atoms with van der Waals surface area (Å²) in [4.78, 5) is 20.6. The molecule has 1 aromatic carbocycles. The Morgan fingerprint density at radius 2 is 2.16 bits per heavy atom. The molecule has 128 valence electrons. The highest BCUT2D eigenvalue weighted by atomic mass is 16.5. The molecule has 0 aliphatic heterocycles. The molecule has 0 saturated carbocycles. The highest BCUT2D eigenvalue weighted by Gasteiger charge is 2.11. The molecule has 3 rings (SSSR count). The quantitative estimate of drug-likeness (QED) is 0.718. The second-order valence-electron chi connectivity index (χ2n) is 5.36. The van der Waals surface area contributed by atoms with Crippen molar-refractivity contribution in [1.29, 1.82) is 0 Å². The van der Waals surface area contributed by atoms with Crippen molar-refractivity contribution in [2.75, 3.05) is 12.4 Å². The molecule has 3 aromatic rings. The van der Waals surface area contributed by atoms with Crippen molar-refractivity contribution in [3.05, 3.63) is 65.9 Å². The highest BCUT2D eigenvalue weighted by molar-refractivity contribution is 5.92. The third-order valence-electron chi connectivity index (χ3n) is 3.49. The van der Waals surface area contributed by atoms with Gasteiger partial charge in [0.15, 0.2) is 0 Å². The smallest absolute Gasteiger partial charge is 0.270 e. The molecule has 2 aromatic heterocycles. The summed E-state index contributed by atoms with van der Waals surface area (Å²) in [5.74, 6) is 1.35. The number of methoxy groups -OCH3 is 1. The Bertz CT molecular complexity index is 863. The van der Waals surface area contributed by atoms with Crippen molar-refractivity contribution in [2.24, 2.45) is 0 Å². The Balaban J connectivity index is 1.73. The van der Waals surface area contributed by atoms with Crippen LogP contribution in [0.4, 0.5) is 11.6 Å². The highest BCUT2D eigenvalue weighted by Crippen LogP contribution is 2.27. The summed E-state index contributed by atoms with van der Waals surface area (Å²) >= 11 is 0. The van der Waals surface area contributed by atoms with E-state index in [4.69, 9.17) is 9.15 Å². The maximum atomic E-state index is 12.2. The van der Waals surface area contributed by atoms with Crippen molar-refractivity contribution in [1.82, 2.24) is 15.3 Å². The average molecular weight is 338 g/mol. The predicted octanol–water partition coefficient (Wildman–Crippen LogP) is 3.06. The third-order valence-corrected chi connectivity index (χ3v) is 3.49. The number of carbonyl (C=O) groups excluding carboxylic acids is 1. The number of furan rings is 1. The maximum Gasteiger partial charge on any atom is 0.270 e. The lowest BCUT2D eigenvalue weighted by Crippen LogP contribution is -2.24. The van der Waals surface area contributed by atoms with E-state index in [-0.39, 0.29) is 11.6 Å². The van der Waals surface area contributed by atoms with Gasteiger partial charge in [0.25, 0.3) is 5.91 Å². The number of hydrogen-bond acceptors (Lipinski definition) is 6. The number of hydrogen-bond donors (Lipinski definition) is 2. The average Bonchev–Trinajstić information content (AvgIpc) is 3.14. The summed E-state index contributed by atoms with van der Waals surface area (Å²) in [6, 6.07) is 10.8. The topological polar surface area (TPSA) is 89.3 Å². The lowest BCUT2D eigenvalue weighted by molar-refractivity contribution is 0.0943. The first-order valence-corrected chi connectivity index (χ1v) is 7.71. The number of rotatable bonds is 6. The van der Waals surface area contributed by atoms with Gasteiger partial charge in [-0.3, -0.25) is 4.79 Å². The third kappa shape index (κ3) is 4.14. The molecule has 0 atom stereocenters. The number of ether oxygens (including phenoxy) is 1. The minimum atomic E-state index is -0.307. The van der Waals surface area contributed by atoms with Crippen LogP contribution in [0.1, 0.15) is 21.8 Å². The van der Waals surface area contributed by atoms with Crippen LogP contribution < -0.4 is 15.4 Å². The zero-order valence-electron chi connectivity index (χ0n) is 13.9. The fourth-order valence-electron chi connectivity index (χ4n) is 2.26. The molecule has 25 heavy (non-hydrogen) atoms. The van der Waals surface area contributed by atoms with Crippen LogP contribution in [0.15, 0.2) is 53.3 Å². The summed E-state index contributed by atoms with van der Waals surface area (Å²) in [6.45, 7) is 2.27. The van der Waals surface area contributed by atoms with E-state index in [2.05, 4.69) is 20.6 Å². The predicted molar refractivity (Wildman–Crippen MR) is 92.9 cm³/mol. The molecule has 0 aliphatic rings. The Hall–Kier alpha value is -3.35. The molecule has 0 radical (unpaired) electrons. The summed E-state index contributed by atoms with van der Waals surface area (Å²) < 4.78 is 10.5. The van der Waals surface area contributed by atoms with E-state index >= 15 is 0 Å². The monoisotopic (exact) mass is 338 g/mol. The Labute approximate surface area is 145 Å². The number of nitrogens with zero attached hydrogens (tertiary/aromatic N) is 2. The van der Waals surface area contributed by atoms with Crippen LogP contribution in [-0.4, -0.2) is 23.0 Å². The maximum absolute atomic E-state index is 12.2. The van der Waals surface area contributed by atoms with Crippen LogP contribution in [0.5, 0.6) is 5.75 Å². The zero-order chi connectivity index (χ0) is 17.6. The molecule has 0 fully saturated rings. The molecule has 0 bridgehead atoms. The number of amides is 1. The van der Waals surface area contributed by atoms with Crippen LogP contribution in [0.2, 0.25) is 0 Å². The van der Waals surface area contributed by atoms with Crippen LogP contribution in [0.25, 0.3) is 0 Å². The van der Waals surface area contributed by atoms with Gasteiger partial charge < -0.3 is 19.8 Å². The first kappa shape index (κ1) is 16.5. The van der Waals surface area contributed by atoms with Gasteiger partial charge >= 0.3 is 0 Å². The molecule has 2 N–H and O–H groups in total. The summed E-state index contributed by atoms with van der Waals surface area (Å²) in [7, 11) is 1.59. The van der Waals surface area contributed by atoms with E-state index in [0.717, 1.165) is 11.3 Å².